The van der Waals surface area contributed by atoms with Crippen molar-refractivity contribution in [3.05, 3.63) is 188 Å². The lowest BCUT2D eigenvalue weighted by atomic mass is 10.0. The molecular weight excluding hydrogens is 663 g/mol. The highest BCUT2D eigenvalue weighted by Gasteiger charge is 2.22. The Kier molecular flexibility index (Phi) is 6.79. The second kappa shape index (κ2) is 12.1. The van der Waals surface area contributed by atoms with Gasteiger partial charge in [0.2, 0.25) is 5.89 Å². The van der Waals surface area contributed by atoms with Gasteiger partial charge in [0.25, 0.3) is 0 Å². The SMILES string of the molecule is c1ccc(-c2nc3ccc4oc5ccc(N(c6ccc7c(c6)c6ccccc6n7-c6ccccc6)c6ccccc6-c6ccccc6)cc5c4c3o2)cc1. The Morgan fingerprint density at radius 1 is 0.463 bits per heavy atom. The van der Waals surface area contributed by atoms with Gasteiger partial charge in [-0.3, -0.25) is 0 Å². The molecule has 3 heterocycles. The van der Waals surface area contributed by atoms with Crippen LogP contribution in [0.5, 0.6) is 0 Å². The fourth-order valence-electron chi connectivity index (χ4n) is 7.99. The number of nitrogens with zero attached hydrogens (tertiary/aromatic N) is 3. The van der Waals surface area contributed by atoms with Crippen LogP contribution in [-0.2, 0) is 0 Å². The summed E-state index contributed by atoms with van der Waals surface area (Å²) in [6, 6.07) is 65.7. The molecule has 0 bridgehead atoms. The summed E-state index contributed by atoms with van der Waals surface area (Å²) in [6.45, 7) is 0. The fraction of sp³-hybridized carbons (Fsp3) is 0. The van der Waals surface area contributed by atoms with Gasteiger partial charge in [0.1, 0.15) is 16.7 Å². The fourth-order valence-corrected chi connectivity index (χ4v) is 7.99. The zero-order valence-corrected chi connectivity index (χ0v) is 29.1. The van der Waals surface area contributed by atoms with Crippen molar-refractivity contribution in [2.75, 3.05) is 4.90 Å². The Hall–Kier alpha value is -7.37. The van der Waals surface area contributed by atoms with Crippen molar-refractivity contribution in [1.29, 1.82) is 0 Å². The molecule has 0 unspecified atom stereocenters. The van der Waals surface area contributed by atoms with Crippen LogP contribution in [0.2, 0.25) is 0 Å². The molecule has 11 rings (SSSR count). The van der Waals surface area contributed by atoms with Crippen LogP contribution in [0, 0.1) is 0 Å². The van der Waals surface area contributed by atoms with Crippen molar-refractivity contribution in [2.45, 2.75) is 0 Å². The van der Waals surface area contributed by atoms with Crippen LogP contribution in [-0.4, -0.2) is 9.55 Å². The summed E-state index contributed by atoms with van der Waals surface area (Å²) in [5.41, 5.74) is 12.8. The van der Waals surface area contributed by atoms with Crippen molar-refractivity contribution in [3.8, 4) is 28.3 Å². The van der Waals surface area contributed by atoms with E-state index in [4.69, 9.17) is 13.8 Å². The number of hydrogen-bond acceptors (Lipinski definition) is 4. The molecule has 0 radical (unpaired) electrons. The third-order valence-electron chi connectivity index (χ3n) is 10.4. The third kappa shape index (κ3) is 4.76. The van der Waals surface area contributed by atoms with Crippen LogP contribution in [0.3, 0.4) is 0 Å². The molecule has 0 aliphatic rings. The molecule has 3 aromatic heterocycles. The molecule has 0 atom stereocenters. The average molecular weight is 694 g/mol. The number of oxazole rings is 1. The zero-order valence-electron chi connectivity index (χ0n) is 29.1. The summed E-state index contributed by atoms with van der Waals surface area (Å²) in [4.78, 5) is 7.24. The van der Waals surface area contributed by atoms with Crippen LogP contribution < -0.4 is 4.90 Å². The van der Waals surface area contributed by atoms with E-state index in [2.05, 4.69) is 155 Å². The minimum absolute atomic E-state index is 0.588. The molecule has 254 valence electrons. The highest BCUT2D eigenvalue weighted by Crippen LogP contribution is 2.45. The van der Waals surface area contributed by atoms with E-state index in [9.17, 15) is 0 Å². The molecule has 0 aliphatic carbocycles. The highest BCUT2D eigenvalue weighted by atomic mass is 16.4. The first-order valence-electron chi connectivity index (χ1n) is 18.1. The molecule has 0 amide bonds. The van der Waals surface area contributed by atoms with E-state index in [1.54, 1.807) is 0 Å². The van der Waals surface area contributed by atoms with E-state index in [1.807, 2.05) is 42.5 Å². The van der Waals surface area contributed by atoms with Crippen molar-refractivity contribution < 1.29 is 8.83 Å². The number of aromatic nitrogens is 2. The number of para-hydroxylation sites is 3. The predicted octanol–water partition coefficient (Wildman–Crippen LogP) is 13.6. The molecule has 11 aromatic rings. The van der Waals surface area contributed by atoms with Crippen molar-refractivity contribution >= 4 is 71.9 Å². The molecule has 0 spiro atoms. The smallest absolute Gasteiger partial charge is 0.227 e. The first-order chi connectivity index (χ1) is 26.8. The monoisotopic (exact) mass is 693 g/mol. The Balaban J connectivity index is 1.17. The molecule has 8 aromatic carbocycles. The van der Waals surface area contributed by atoms with Crippen LogP contribution in [0.1, 0.15) is 0 Å². The van der Waals surface area contributed by atoms with E-state index < -0.39 is 0 Å². The van der Waals surface area contributed by atoms with E-state index in [1.165, 1.54) is 16.3 Å². The standard InChI is InChI=1S/C49H31N3O2/c1-4-14-32(15-5-1)37-20-10-12-22-42(37)51(35-24-27-44-39(30-35)38-21-11-13-23-43(38)52(44)34-18-8-3-9-19-34)36-25-28-45-40(31-36)47-46(53-45)29-26-41-48(47)54-49(50-41)33-16-6-2-7-17-33/h1-31H. The van der Waals surface area contributed by atoms with Crippen LogP contribution >= 0.6 is 0 Å². The number of rotatable bonds is 6. The zero-order chi connectivity index (χ0) is 35.6. The maximum Gasteiger partial charge on any atom is 0.227 e. The number of hydrogen-bond donors (Lipinski definition) is 0. The lowest BCUT2D eigenvalue weighted by molar-refractivity contribution is 0.622. The first kappa shape index (κ1) is 30.3. The van der Waals surface area contributed by atoms with Gasteiger partial charge in [-0.2, -0.15) is 0 Å². The van der Waals surface area contributed by atoms with E-state index in [0.717, 1.165) is 72.4 Å². The topological polar surface area (TPSA) is 47.3 Å². The average Bonchev–Trinajstić information content (AvgIpc) is 3.94. The number of benzene rings is 8. The maximum absolute atomic E-state index is 6.52. The minimum atomic E-state index is 0.588. The molecule has 0 N–H and O–H groups in total. The van der Waals surface area contributed by atoms with Gasteiger partial charge in [-0.25, -0.2) is 4.98 Å². The Bertz CT molecular complexity index is 3160. The Morgan fingerprint density at radius 2 is 1.09 bits per heavy atom. The molecular formula is C49H31N3O2. The van der Waals surface area contributed by atoms with Crippen LogP contribution in [0.4, 0.5) is 17.1 Å². The summed E-state index contributed by atoms with van der Waals surface area (Å²) < 4.78 is 15.3. The second-order valence-corrected chi connectivity index (χ2v) is 13.6. The molecule has 0 fully saturated rings. The van der Waals surface area contributed by atoms with Crippen molar-refractivity contribution in [1.82, 2.24) is 9.55 Å². The third-order valence-corrected chi connectivity index (χ3v) is 10.4. The summed E-state index contributed by atoms with van der Waals surface area (Å²) in [5.74, 6) is 0.588. The van der Waals surface area contributed by atoms with E-state index in [-0.39, 0.29) is 0 Å². The molecule has 0 saturated carbocycles. The van der Waals surface area contributed by atoms with E-state index >= 15 is 0 Å². The molecule has 5 heteroatoms. The van der Waals surface area contributed by atoms with Gasteiger partial charge in [-0.1, -0.05) is 103 Å². The number of fused-ring (bicyclic) bond motifs is 8. The number of anilines is 3. The van der Waals surface area contributed by atoms with Gasteiger partial charge in [-0.15, -0.1) is 0 Å². The molecule has 0 aliphatic heterocycles. The van der Waals surface area contributed by atoms with Crippen LogP contribution in [0.25, 0.3) is 83.1 Å². The second-order valence-electron chi connectivity index (χ2n) is 13.6. The lowest BCUT2D eigenvalue weighted by Gasteiger charge is -2.28. The normalized spacial score (nSPS) is 11.7. The summed E-state index contributed by atoms with van der Waals surface area (Å²) in [7, 11) is 0. The van der Waals surface area contributed by atoms with Gasteiger partial charge in [0.05, 0.1) is 22.1 Å². The summed E-state index contributed by atoms with van der Waals surface area (Å²) in [6.07, 6.45) is 0. The van der Waals surface area contributed by atoms with Gasteiger partial charge in [0, 0.05) is 44.3 Å². The first-order valence-corrected chi connectivity index (χ1v) is 18.1. The Labute approximate surface area is 310 Å². The predicted molar refractivity (Wildman–Crippen MR) is 221 cm³/mol. The lowest BCUT2D eigenvalue weighted by Crippen LogP contribution is -2.11. The van der Waals surface area contributed by atoms with Gasteiger partial charge in [-0.05, 0) is 90.5 Å². The molecule has 0 saturated heterocycles. The quantitative estimate of drug-likeness (QED) is 0.174. The minimum Gasteiger partial charge on any atom is -0.456 e. The molecule has 54 heavy (non-hydrogen) atoms. The van der Waals surface area contributed by atoms with Gasteiger partial charge >= 0.3 is 0 Å². The number of furan rings is 1. The van der Waals surface area contributed by atoms with E-state index in [0.29, 0.717) is 11.5 Å². The van der Waals surface area contributed by atoms with Gasteiger partial charge < -0.3 is 18.3 Å². The van der Waals surface area contributed by atoms with Gasteiger partial charge in [0.15, 0.2) is 5.58 Å². The summed E-state index contributed by atoms with van der Waals surface area (Å²) in [5, 5.41) is 4.26. The van der Waals surface area contributed by atoms with Crippen molar-refractivity contribution in [3.63, 3.8) is 0 Å². The highest BCUT2D eigenvalue weighted by molar-refractivity contribution is 6.17. The molecule has 5 nitrogen and oxygen atoms in total. The Morgan fingerprint density at radius 3 is 1.91 bits per heavy atom. The summed E-state index contributed by atoms with van der Waals surface area (Å²) >= 11 is 0. The van der Waals surface area contributed by atoms with Crippen LogP contribution in [0.15, 0.2) is 197 Å². The maximum atomic E-state index is 6.52. The largest absolute Gasteiger partial charge is 0.456 e. The van der Waals surface area contributed by atoms with Crippen molar-refractivity contribution in [2.24, 2.45) is 0 Å².